The molecule has 2 aromatic rings. The van der Waals surface area contributed by atoms with Crippen molar-refractivity contribution in [3.63, 3.8) is 0 Å². The lowest BCUT2D eigenvalue weighted by molar-refractivity contribution is 0.0751. The molecule has 1 atom stereocenters. The molecule has 0 saturated carbocycles. The Morgan fingerprint density at radius 3 is 2.95 bits per heavy atom. The van der Waals surface area contributed by atoms with Crippen molar-refractivity contribution in [3.05, 3.63) is 29.1 Å². The molecule has 0 saturated heterocycles. The molecule has 2 N–H and O–H groups in total. The van der Waals surface area contributed by atoms with Crippen LogP contribution in [0.3, 0.4) is 0 Å². The van der Waals surface area contributed by atoms with Crippen LogP contribution in [0.4, 0.5) is 5.69 Å². The molecule has 1 heterocycles. The first kappa shape index (κ1) is 13.4. The lowest BCUT2D eigenvalue weighted by atomic mass is 10.2. The quantitative estimate of drug-likeness (QED) is 0.874. The van der Waals surface area contributed by atoms with Crippen LogP contribution in [0, 0.1) is 11.3 Å². The molecule has 1 aromatic heterocycles. The van der Waals surface area contributed by atoms with E-state index in [0.717, 1.165) is 10.1 Å². The van der Waals surface area contributed by atoms with Gasteiger partial charge in [0.25, 0.3) is 5.91 Å². The number of nitrogens with two attached hydrogens (primary N) is 1. The zero-order valence-corrected chi connectivity index (χ0v) is 11.7. The average molecular weight is 273 g/mol. The first-order chi connectivity index (χ1) is 9.02. The molecule has 0 fully saturated rings. The average Bonchev–Trinajstić information content (AvgIpc) is 2.80. The Kier molecular flexibility index (Phi) is 3.72. The lowest BCUT2D eigenvalue weighted by Crippen LogP contribution is -2.34. The van der Waals surface area contributed by atoms with Crippen molar-refractivity contribution in [1.29, 1.82) is 5.26 Å². The van der Waals surface area contributed by atoms with Gasteiger partial charge in [0.2, 0.25) is 0 Å². The Morgan fingerprint density at radius 1 is 1.53 bits per heavy atom. The predicted molar refractivity (Wildman–Crippen MR) is 78.0 cm³/mol. The number of benzene rings is 1. The third kappa shape index (κ3) is 2.69. The minimum absolute atomic E-state index is 0.0532. The standard InChI is InChI=1S/C14H15N3OS/c1-9(5-6-15)17(2)14(18)13-8-10-7-11(16)3-4-12(10)19-13/h3-4,7-9H,5,16H2,1-2H3. The summed E-state index contributed by atoms with van der Waals surface area (Å²) < 4.78 is 1.04. The maximum atomic E-state index is 12.3. The summed E-state index contributed by atoms with van der Waals surface area (Å²) in [4.78, 5) is 14.6. The van der Waals surface area contributed by atoms with Crippen molar-refractivity contribution in [2.24, 2.45) is 0 Å². The van der Waals surface area contributed by atoms with Gasteiger partial charge in [0.15, 0.2) is 0 Å². The van der Waals surface area contributed by atoms with Crippen LogP contribution in [0.1, 0.15) is 23.0 Å². The SMILES string of the molecule is CC(CC#N)N(C)C(=O)c1cc2cc(N)ccc2s1. The molecular weight excluding hydrogens is 258 g/mol. The van der Waals surface area contributed by atoms with Crippen molar-refractivity contribution in [2.45, 2.75) is 19.4 Å². The van der Waals surface area contributed by atoms with Crippen LogP contribution in [-0.2, 0) is 0 Å². The Balaban J connectivity index is 2.29. The van der Waals surface area contributed by atoms with Gasteiger partial charge >= 0.3 is 0 Å². The van der Waals surface area contributed by atoms with Crippen LogP contribution in [0.2, 0.25) is 0 Å². The molecule has 4 nitrogen and oxygen atoms in total. The number of carbonyl (C=O) groups excluding carboxylic acids is 1. The maximum Gasteiger partial charge on any atom is 0.263 e. The van der Waals surface area contributed by atoms with Crippen LogP contribution in [-0.4, -0.2) is 23.9 Å². The molecule has 98 valence electrons. The first-order valence-corrected chi connectivity index (χ1v) is 6.77. The van der Waals surface area contributed by atoms with Gasteiger partial charge in [-0.1, -0.05) is 0 Å². The number of anilines is 1. The molecule has 19 heavy (non-hydrogen) atoms. The molecule has 0 aliphatic rings. The Bertz CT molecular complexity index is 656. The minimum atomic E-state index is -0.0900. The zero-order valence-electron chi connectivity index (χ0n) is 10.9. The van der Waals surface area contributed by atoms with E-state index in [1.54, 1.807) is 11.9 Å². The van der Waals surface area contributed by atoms with Gasteiger partial charge in [-0.15, -0.1) is 11.3 Å². The summed E-state index contributed by atoms with van der Waals surface area (Å²) in [5.74, 6) is -0.0532. The van der Waals surface area contributed by atoms with Gasteiger partial charge in [0.05, 0.1) is 17.4 Å². The number of fused-ring (bicyclic) bond motifs is 1. The Hall–Kier alpha value is -2.06. The molecule has 1 aromatic carbocycles. The fourth-order valence-corrected chi connectivity index (χ4v) is 2.84. The van der Waals surface area contributed by atoms with E-state index in [0.29, 0.717) is 17.0 Å². The van der Waals surface area contributed by atoms with Crippen LogP contribution >= 0.6 is 11.3 Å². The molecule has 5 heteroatoms. The summed E-state index contributed by atoms with van der Waals surface area (Å²) in [6.07, 6.45) is 0.333. The minimum Gasteiger partial charge on any atom is -0.399 e. The monoisotopic (exact) mass is 273 g/mol. The van der Waals surface area contributed by atoms with Crippen LogP contribution < -0.4 is 5.73 Å². The number of amides is 1. The summed E-state index contributed by atoms with van der Waals surface area (Å²) in [6, 6.07) is 9.46. The second kappa shape index (κ2) is 5.29. The second-order valence-corrected chi connectivity index (χ2v) is 5.62. The van der Waals surface area contributed by atoms with E-state index >= 15 is 0 Å². The summed E-state index contributed by atoms with van der Waals surface area (Å²) >= 11 is 1.45. The van der Waals surface area contributed by atoms with Crippen molar-refractivity contribution < 1.29 is 4.79 Å². The normalized spacial score (nSPS) is 12.1. The highest BCUT2D eigenvalue weighted by Gasteiger charge is 2.19. The number of nitrogen functional groups attached to an aromatic ring is 1. The van der Waals surface area contributed by atoms with Crippen molar-refractivity contribution in [2.75, 3.05) is 12.8 Å². The topological polar surface area (TPSA) is 70.1 Å². The molecule has 0 spiro atoms. The molecule has 0 aliphatic heterocycles. The summed E-state index contributed by atoms with van der Waals surface area (Å²) in [5.41, 5.74) is 6.42. The first-order valence-electron chi connectivity index (χ1n) is 5.96. The number of rotatable bonds is 3. The van der Waals surface area contributed by atoms with Crippen LogP contribution in [0.25, 0.3) is 10.1 Å². The smallest absolute Gasteiger partial charge is 0.263 e. The van der Waals surface area contributed by atoms with Gasteiger partial charge in [0.1, 0.15) is 0 Å². The van der Waals surface area contributed by atoms with Gasteiger partial charge in [-0.3, -0.25) is 4.79 Å². The number of nitriles is 1. The summed E-state index contributed by atoms with van der Waals surface area (Å²) in [5, 5.41) is 9.66. The van der Waals surface area contributed by atoms with Gasteiger partial charge in [-0.05, 0) is 36.6 Å². The third-order valence-electron chi connectivity index (χ3n) is 3.12. The van der Waals surface area contributed by atoms with Crippen molar-refractivity contribution >= 4 is 33.0 Å². The van der Waals surface area contributed by atoms with E-state index in [1.165, 1.54) is 11.3 Å². The predicted octanol–water partition coefficient (Wildman–Crippen LogP) is 2.86. The van der Waals surface area contributed by atoms with Crippen molar-refractivity contribution in [1.82, 2.24) is 4.90 Å². The molecule has 0 aliphatic carbocycles. The highest BCUT2D eigenvalue weighted by molar-refractivity contribution is 7.20. The van der Waals surface area contributed by atoms with E-state index < -0.39 is 0 Å². The summed E-state index contributed by atoms with van der Waals surface area (Å²) in [7, 11) is 1.73. The number of carbonyl (C=O) groups is 1. The van der Waals surface area contributed by atoms with E-state index in [4.69, 9.17) is 11.0 Å². The molecule has 0 radical (unpaired) electrons. The lowest BCUT2D eigenvalue weighted by Gasteiger charge is -2.22. The fourth-order valence-electron chi connectivity index (χ4n) is 1.81. The van der Waals surface area contributed by atoms with Crippen LogP contribution in [0.5, 0.6) is 0 Å². The number of hydrogen-bond donors (Lipinski definition) is 1. The van der Waals surface area contributed by atoms with E-state index in [2.05, 4.69) is 6.07 Å². The van der Waals surface area contributed by atoms with E-state index in [1.807, 2.05) is 31.2 Å². The molecule has 2 rings (SSSR count). The zero-order chi connectivity index (χ0) is 14.0. The van der Waals surface area contributed by atoms with Gasteiger partial charge in [-0.2, -0.15) is 5.26 Å². The van der Waals surface area contributed by atoms with Crippen LogP contribution in [0.15, 0.2) is 24.3 Å². The number of thiophene rings is 1. The molecule has 0 bridgehead atoms. The van der Waals surface area contributed by atoms with Gasteiger partial charge in [0, 0.05) is 23.5 Å². The van der Waals surface area contributed by atoms with E-state index in [9.17, 15) is 4.79 Å². The molecular formula is C14H15N3OS. The Labute approximate surface area is 116 Å². The molecule has 1 amide bonds. The summed E-state index contributed by atoms with van der Waals surface area (Å²) in [6.45, 7) is 1.87. The van der Waals surface area contributed by atoms with Gasteiger partial charge < -0.3 is 10.6 Å². The highest BCUT2D eigenvalue weighted by atomic mass is 32.1. The van der Waals surface area contributed by atoms with E-state index in [-0.39, 0.29) is 11.9 Å². The Morgan fingerprint density at radius 2 is 2.26 bits per heavy atom. The highest BCUT2D eigenvalue weighted by Crippen LogP contribution is 2.28. The number of nitrogens with zero attached hydrogens (tertiary/aromatic N) is 2. The largest absolute Gasteiger partial charge is 0.399 e. The molecule has 1 unspecified atom stereocenters. The fraction of sp³-hybridized carbons (Fsp3) is 0.286. The maximum absolute atomic E-state index is 12.3. The van der Waals surface area contributed by atoms with Crippen molar-refractivity contribution in [3.8, 4) is 6.07 Å². The number of hydrogen-bond acceptors (Lipinski definition) is 4. The third-order valence-corrected chi connectivity index (χ3v) is 4.22. The second-order valence-electron chi connectivity index (χ2n) is 4.54. The van der Waals surface area contributed by atoms with Gasteiger partial charge in [-0.25, -0.2) is 0 Å².